The maximum atomic E-state index is 10.9. The molecule has 0 saturated heterocycles. The van der Waals surface area contributed by atoms with Crippen LogP contribution in [0.5, 0.6) is 0 Å². The van der Waals surface area contributed by atoms with Crippen molar-refractivity contribution in [3.63, 3.8) is 0 Å². The van der Waals surface area contributed by atoms with E-state index in [-0.39, 0.29) is 15.6 Å². The number of hydrogen-bond acceptors (Lipinski definition) is 2. The second-order valence-corrected chi connectivity index (χ2v) is 4.29. The summed E-state index contributed by atoms with van der Waals surface area (Å²) in [4.78, 5) is 21.7. The van der Waals surface area contributed by atoms with Gasteiger partial charge in [0.25, 0.3) is 0 Å². The predicted molar refractivity (Wildman–Crippen MR) is 69.1 cm³/mol. The highest BCUT2D eigenvalue weighted by atomic mass is 79.9. The molecular formula is C11H8Br2O3. The molecule has 0 fully saturated rings. The molecule has 0 atom stereocenters. The van der Waals surface area contributed by atoms with E-state index >= 15 is 0 Å². The number of rotatable bonds is 4. The highest BCUT2D eigenvalue weighted by molar-refractivity contribution is 9.18. The van der Waals surface area contributed by atoms with Crippen molar-refractivity contribution in [1.82, 2.24) is 0 Å². The van der Waals surface area contributed by atoms with Crippen molar-refractivity contribution in [2.75, 3.05) is 5.33 Å². The Bertz CT molecular complexity index is 435. The van der Waals surface area contributed by atoms with Crippen LogP contribution in [0.15, 0.2) is 29.8 Å². The summed E-state index contributed by atoms with van der Waals surface area (Å²) < 4.78 is -0.193. The van der Waals surface area contributed by atoms with Gasteiger partial charge in [-0.05, 0) is 39.7 Å². The van der Waals surface area contributed by atoms with Gasteiger partial charge in [0.15, 0.2) is 0 Å². The Kier molecular flexibility index (Phi) is 4.89. The van der Waals surface area contributed by atoms with Crippen molar-refractivity contribution in [2.24, 2.45) is 0 Å². The molecule has 1 aromatic carbocycles. The summed E-state index contributed by atoms with van der Waals surface area (Å²) in [5.41, 5.74) is 1.54. The zero-order valence-corrected chi connectivity index (χ0v) is 11.3. The Morgan fingerprint density at radius 3 is 2.19 bits per heavy atom. The molecule has 0 unspecified atom stereocenters. The van der Waals surface area contributed by atoms with Crippen LogP contribution >= 0.6 is 31.9 Å². The van der Waals surface area contributed by atoms with Gasteiger partial charge in [0.1, 0.15) is 0 Å². The first kappa shape index (κ1) is 13.1. The molecule has 1 N–H and O–H groups in total. The van der Waals surface area contributed by atoms with Gasteiger partial charge in [-0.15, -0.1) is 0 Å². The average molecular weight is 348 g/mol. The highest BCUT2D eigenvalue weighted by Gasteiger charge is 2.05. The molecule has 0 amide bonds. The lowest BCUT2D eigenvalue weighted by atomic mass is 10.1. The molecule has 84 valence electrons. The zero-order chi connectivity index (χ0) is 12.1. The molecule has 0 bridgehead atoms. The van der Waals surface area contributed by atoms with Crippen LogP contribution in [-0.2, 0) is 4.79 Å². The quantitative estimate of drug-likeness (QED) is 0.517. The number of carbonyl (C=O) groups is 2. The highest BCUT2D eigenvalue weighted by Crippen LogP contribution is 2.12. The minimum Gasteiger partial charge on any atom is -0.478 e. The predicted octanol–water partition coefficient (Wildman–Crippen LogP) is 3.08. The molecule has 1 aromatic rings. The molecule has 0 heterocycles. The maximum absolute atomic E-state index is 10.9. The van der Waals surface area contributed by atoms with Crippen molar-refractivity contribution >= 4 is 48.6 Å². The summed E-state index contributed by atoms with van der Waals surface area (Å²) in [5.74, 6) is -0.961. The number of alkyl halides is 1. The molecule has 0 aliphatic heterocycles. The number of hydrogen-bond donors (Lipinski definition) is 1. The van der Waals surface area contributed by atoms with E-state index in [4.69, 9.17) is 5.11 Å². The number of carboxylic acids is 1. The fourth-order valence-corrected chi connectivity index (χ4v) is 1.74. The Labute approximate surface area is 109 Å². The van der Waals surface area contributed by atoms with Gasteiger partial charge in [0.2, 0.25) is 4.69 Å². The van der Waals surface area contributed by atoms with Gasteiger partial charge in [-0.3, -0.25) is 4.79 Å². The van der Waals surface area contributed by atoms with Crippen molar-refractivity contribution in [1.29, 1.82) is 0 Å². The fraction of sp³-hybridized carbons (Fsp3) is 0.0909. The van der Waals surface area contributed by atoms with Crippen LogP contribution in [0.25, 0.3) is 6.08 Å². The lowest BCUT2D eigenvalue weighted by Crippen LogP contribution is -2.01. The van der Waals surface area contributed by atoms with Crippen LogP contribution in [0.4, 0.5) is 0 Å². The molecule has 0 aromatic heterocycles. The lowest BCUT2D eigenvalue weighted by Gasteiger charge is -1.99. The summed E-state index contributed by atoms with van der Waals surface area (Å²) in [6.45, 7) is 0. The minimum absolute atomic E-state index is 0.193. The molecule has 0 radical (unpaired) electrons. The summed E-state index contributed by atoms with van der Waals surface area (Å²) >= 11 is 5.94. The van der Waals surface area contributed by atoms with Crippen LogP contribution in [0, 0.1) is 0 Å². The van der Waals surface area contributed by atoms with Crippen molar-refractivity contribution in [2.45, 2.75) is 0 Å². The second-order valence-electron chi connectivity index (χ2n) is 3.00. The first-order chi connectivity index (χ1) is 7.54. The summed E-state index contributed by atoms with van der Waals surface area (Å²) in [6.07, 6.45) is 1.56. The topological polar surface area (TPSA) is 54.4 Å². The smallest absolute Gasteiger partial charge is 0.332 e. The van der Waals surface area contributed by atoms with Crippen LogP contribution in [-0.4, -0.2) is 21.1 Å². The van der Waals surface area contributed by atoms with E-state index in [2.05, 4.69) is 31.9 Å². The third kappa shape index (κ3) is 3.57. The fourth-order valence-electron chi connectivity index (χ4n) is 1.07. The van der Waals surface area contributed by atoms with Gasteiger partial charge >= 0.3 is 5.97 Å². The normalized spacial score (nSPS) is 11.2. The molecule has 3 nitrogen and oxygen atoms in total. The third-order valence-corrected chi connectivity index (χ3v) is 2.96. The summed E-state index contributed by atoms with van der Waals surface area (Å²) in [5, 5.41) is 9.10. The van der Waals surface area contributed by atoms with Crippen LogP contribution in [0.2, 0.25) is 0 Å². The van der Waals surface area contributed by atoms with Gasteiger partial charge < -0.3 is 5.11 Å². The monoisotopic (exact) mass is 346 g/mol. The van der Waals surface area contributed by atoms with Crippen molar-refractivity contribution in [3.05, 3.63) is 41.0 Å². The van der Waals surface area contributed by atoms with Gasteiger partial charge in [0.05, 0.1) is 0 Å². The van der Waals surface area contributed by atoms with Gasteiger partial charge in [-0.1, -0.05) is 28.1 Å². The van der Waals surface area contributed by atoms with Crippen LogP contribution in [0.1, 0.15) is 15.9 Å². The molecule has 0 spiro atoms. The average Bonchev–Trinajstić information content (AvgIpc) is 2.26. The molecule has 16 heavy (non-hydrogen) atoms. The van der Waals surface area contributed by atoms with Crippen LogP contribution in [0.3, 0.4) is 0 Å². The van der Waals surface area contributed by atoms with Gasteiger partial charge in [-0.2, -0.15) is 0 Å². The van der Waals surface area contributed by atoms with E-state index in [0.29, 0.717) is 5.56 Å². The Hall–Kier alpha value is -0.940. The van der Waals surface area contributed by atoms with Crippen LogP contribution < -0.4 is 0 Å². The largest absolute Gasteiger partial charge is 0.478 e. The minimum atomic E-state index is -0.961. The Morgan fingerprint density at radius 2 is 1.81 bits per heavy atom. The lowest BCUT2D eigenvalue weighted by molar-refractivity contribution is -0.132. The van der Waals surface area contributed by atoms with E-state index < -0.39 is 5.97 Å². The zero-order valence-electron chi connectivity index (χ0n) is 8.11. The Morgan fingerprint density at radius 1 is 1.25 bits per heavy atom. The van der Waals surface area contributed by atoms with E-state index in [1.165, 1.54) is 0 Å². The van der Waals surface area contributed by atoms with E-state index in [0.717, 1.165) is 5.56 Å². The molecule has 1 rings (SSSR count). The van der Waals surface area contributed by atoms with E-state index in [1.807, 2.05) is 0 Å². The van der Waals surface area contributed by atoms with E-state index in [9.17, 15) is 9.59 Å². The first-order valence-electron chi connectivity index (χ1n) is 4.34. The second kappa shape index (κ2) is 5.96. The third-order valence-electron chi connectivity index (χ3n) is 1.90. The standard InChI is InChI=1S/C11H8Br2O3/c12-6-9(11(15)16)5-7-1-3-8(4-2-7)10(13)14/h1-5H,6H2,(H,15,16)/b9-5-. The van der Waals surface area contributed by atoms with Crippen molar-refractivity contribution in [3.8, 4) is 0 Å². The SMILES string of the molecule is O=C(O)/C(=C\c1ccc(C(=O)Br)cc1)CBr. The number of halogens is 2. The number of benzene rings is 1. The van der Waals surface area contributed by atoms with Crippen molar-refractivity contribution < 1.29 is 14.7 Å². The molecule has 5 heteroatoms. The summed E-state index contributed by atoms with van der Waals surface area (Å²) in [6, 6.07) is 6.66. The van der Waals surface area contributed by atoms with E-state index in [1.54, 1.807) is 30.3 Å². The number of carbonyl (C=O) groups excluding carboxylic acids is 1. The molecule has 0 aliphatic carbocycles. The maximum Gasteiger partial charge on any atom is 0.332 e. The number of aliphatic carboxylic acids is 1. The van der Waals surface area contributed by atoms with Gasteiger partial charge in [0, 0.05) is 16.5 Å². The molecule has 0 saturated carbocycles. The Balaban J connectivity index is 2.98. The summed E-state index contributed by atoms with van der Waals surface area (Å²) in [7, 11) is 0. The number of carboxylic acid groups (broad SMARTS) is 1. The molecular weight excluding hydrogens is 340 g/mol. The molecule has 0 aliphatic rings. The first-order valence-corrected chi connectivity index (χ1v) is 6.25. The van der Waals surface area contributed by atoms with Gasteiger partial charge in [-0.25, -0.2) is 4.79 Å².